The van der Waals surface area contributed by atoms with E-state index in [0.29, 0.717) is 0 Å². The summed E-state index contributed by atoms with van der Waals surface area (Å²) in [5.41, 5.74) is 0. The molecule has 1 aliphatic heterocycles. The number of amides is 1. The Hall–Kier alpha value is -0.610. The van der Waals surface area contributed by atoms with Gasteiger partial charge in [0.25, 0.3) is 0 Å². The molecule has 100 valence electrons. The molecule has 0 aromatic rings. The number of ether oxygens (including phenoxy) is 1. The second-order valence-electron chi connectivity index (χ2n) is 5.34. The highest BCUT2D eigenvalue weighted by molar-refractivity contribution is 5.77. The van der Waals surface area contributed by atoms with Crippen molar-refractivity contribution in [2.75, 3.05) is 39.9 Å². The zero-order chi connectivity index (χ0) is 12.7. The number of piperidine rings is 1. The topological polar surface area (TPSA) is 41.6 Å². The summed E-state index contributed by atoms with van der Waals surface area (Å²) < 4.78 is 4.76. The van der Waals surface area contributed by atoms with Gasteiger partial charge in [-0.1, -0.05) is 13.8 Å². The third kappa shape index (κ3) is 6.03. The van der Waals surface area contributed by atoms with E-state index in [-0.39, 0.29) is 12.5 Å². The molecule has 0 aliphatic carbocycles. The first-order chi connectivity index (χ1) is 8.11. The van der Waals surface area contributed by atoms with Gasteiger partial charge in [-0.2, -0.15) is 0 Å². The van der Waals surface area contributed by atoms with Gasteiger partial charge in [0.1, 0.15) is 6.61 Å². The molecule has 4 heteroatoms. The first-order valence-corrected chi connectivity index (χ1v) is 6.59. The Labute approximate surface area is 105 Å². The molecule has 0 aromatic heterocycles. The number of carbonyl (C=O) groups is 1. The number of methoxy groups -OCH3 is 1. The summed E-state index contributed by atoms with van der Waals surface area (Å²) in [6.07, 6.45) is 2.37. The van der Waals surface area contributed by atoms with Crippen LogP contribution in [0.2, 0.25) is 0 Å². The Balaban J connectivity index is 2.08. The number of nitrogens with one attached hydrogen (secondary N) is 1. The van der Waals surface area contributed by atoms with Gasteiger partial charge in [-0.05, 0) is 31.2 Å². The van der Waals surface area contributed by atoms with Crippen molar-refractivity contribution in [1.82, 2.24) is 10.2 Å². The largest absolute Gasteiger partial charge is 0.375 e. The average Bonchev–Trinajstić information content (AvgIpc) is 2.23. The number of likely N-dealkylation sites (tertiary alicyclic amines) is 1. The van der Waals surface area contributed by atoms with Crippen molar-refractivity contribution in [1.29, 1.82) is 0 Å². The van der Waals surface area contributed by atoms with Gasteiger partial charge in [0, 0.05) is 26.7 Å². The Bertz CT molecular complexity index is 223. The fourth-order valence-electron chi connectivity index (χ4n) is 2.69. The van der Waals surface area contributed by atoms with Crippen molar-refractivity contribution < 1.29 is 9.53 Å². The predicted octanol–water partition coefficient (Wildman–Crippen LogP) is 1.12. The molecule has 0 saturated carbocycles. The highest BCUT2D eigenvalue weighted by Crippen LogP contribution is 2.20. The summed E-state index contributed by atoms with van der Waals surface area (Å²) in [5.74, 6) is 1.59. The lowest BCUT2D eigenvalue weighted by Crippen LogP contribution is -2.40. The summed E-state index contributed by atoms with van der Waals surface area (Å²) in [6.45, 7) is 9.06. The normalized spacial score (nSPS) is 25.8. The highest BCUT2D eigenvalue weighted by atomic mass is 16.5. The van der Waals surface area contributed by atoms with E-state index < -0.39 is 0 Å². The molecule has 0 unspecified atom stereocenters. The van der Waals surface area contributed by atoms with Crippen LogP contribution in [0, 0.1) is 11.8 Å². The third-order valence-corrected chi connectivity index (χ3v) is 3.19. The van der Waals surface area contributed by atoms with Crippen LogP contribution < -0.4 is 5.32 Å². The first kappa shape index (κ1) is 14.5. The van der Waals surface area contributed by atoms with Crippen molar-refractivity contribution >= 4 is 5.91 Å². The standard InChI is InChI=1S/C13H26N2O2/c1-11-7-12(2)9-15(8-11)6-4-5-14-13(16)10-17-3/h11-12H,4-10H2,1-3H3,(H,14,16)/t11-,12-/m0/s1. The molecule has 0 bridgehead atoms. The van der Waals surface area contributed by atoms with Crippen molar-refractivity contribution in [3.63, 3.8) is 0 Å². The Morgan fingerprint density at radius 2 is 2.00 bits per heavy atom. The van der Waals surface area contributed by atoms with Crippen molar-refractivity contribution in [3.05, 3.63) is 0 Å². The minimum Gasteiger partial charge on any atom is -0.375 e. The molecular formula is C13H26N2O2. The molecule has 1 saturated heterocycles. The smallest absolute Gasteiger partial charge is 0.245 e. The van der Waals surface area contributed by atoms with Gasteiger partial charge in [-0.15, -0.1) is 0 Å². The third-order valence-electron chi connectivity index (χ3n) is 3.19. The molecule has 1 N–H and O–H groups in total. The van der Waals surface area contributed by atoms with Crippen LogP contribution in [0.3, 0.4) is 0 Å². The summed E-state index contributed by atoms with van der Waals surface area (Å²) in [7, 11) is 1.54. The van der Waals surface area contributed by atoms with Crippen molar-refractivity contribution in [2.45, 2.75) is 26.7 Å². The Morgan fingerprint density at radius 1 is 1.35 bits per heavy atom. The van der Waals surface area contributed by atoms with E-state index in [1.165, 1.54) is 26.6 Å². The average molecular weight is 242 g/mol. The monoisotopic (exact) mass is 242 g/mol. The van der Waals surface area contributed by atoms with Crippen LogP contribution in [-0.2, 0) is 9.53 Å². The molecular weight excluding hydrogens is 216 g/mol. The van der Waals surface area contributed by atoms with Crippen LogP contribution in [-0.4, -0.2) is 50.7 Å². The van der Waals surface area contributed by atoms with E-state index in [0.717, 1.165) is 31.3 Å². The van der Waals surface area contributed by atoms with Gasteiger partial charge in [0.05, 0.1) is 0 Å². The number of nitrogens with zero attached hydrogens (tertiary/aromatic N) is 1. The molecule has 1 amide bonds. The summed E-state index contributed by atoms with van der Waals surface area (Å²) in [5, 5.41) is 2.85. The molecule has 1 rings (SSSR count). The van der Waals surface area contributed by atoms with E-state index in [1.54, 1.807) is 0 Å². The molecule has 1 fully saturated rings. The van der Waals surface area contributed by atoms with Crippen LogP contribution in [0.4, 0.5) is 0 Å². The molecule has 2 atom stereocenters. The minimum absolute atomic E-state index is 0.0205. The number of hydrogen-bond acceptors (Lipinski definition) is 3. The SMILES string of the molecule is COCC(=O)NCCCN1C[C@@H](C)C[C@H](C)C1. The first-order valence-electron chi connectivity index (χ1n) is 6.59. The number of hydrogen-bond donors (Lipinski definition) is 1. The van der Waals surface area contributed by atoms with Gasteiger partial charge in [-0.3, -0.25) is 4.79 Å². The summed E-state index contributed by atoms with van der Waals surface area (Å²) in [4.78, 5) is 13.7. The molecule has 1 aliphatic rings. The van der Waals surface area contributed by atoms with Crippen LogP contribution in [0.15, 0.2) is 0 Å². The fourth-order valence-corrected chi connectivity index (χ4v) is 2.69. The van der Waals surface area contributed by atoms with Crippen LogP contribution in [0.5, 0.6) is 0 Å². The van der Waals surface area contributed by atoms with E-state index in [4.69, 9.17) is 4.74 Å². The van der Waals surface area contributed by atoms with Crippen molar-refractivity contribution in [3.8, 4) is 0 Å². The Kier molecular flexibility index (Phi) is 6.52. The molecule has 0 radical (unpaired) electrons. The zero-order valence-corrected chi connectivity index (χ0v) is 11.4. The number of rotatable bonds is 6. The predicted molar refractivity (Wildman–Crippen MR) is 68.9 cm³/mol. The molecule has 17 heavy (non-hydrogen) atoms. The van der Waals surface area contributed by atoms with Gasteiger partial charge in [0.15, 0.2) is 0 Å². The lowest BCUT2D eigenvalue weighted by molar-refractivity contribution is -0.124. The maximum atomic E-state index is 11.1. The zero-order valence-electron chi connectivity index (χ0n) is 11.4. The van der Waals surface area contributed by atoms with E-state index >= 15 is 0 Å². The van der Waals surface area contributed by atoms with Crippen LogP contribution >= 0.6 is 0 Å². The van der Waals surface area contributed by atoms with Crippen LogP contribution in [0.25, 0.3) is 0 Å². The van der Waals surface area contributed by atoms with Gasteiger partial charge in [0.2, 0.25) is 5.91 Å². The van der Waals surface area contributed by atoms with E-state index in [2.05, 4.69) is 24.1 Å². The van der Waals surface area contributed by atoms with Gasteiger partial charge in [-0.25, -0.2) is 0 Å². The van der Waals surface area contributed by atoms with Crippen molar-refractivity contribution in [2.24, 2.45) is 11.8 Å². The second-order valence-corrected chi connectivity index (χ2v) is 5.34. The lowest BCUT2D eigenvalue weighted by Gasteiger charge is -2.34. The summed E-state index contributed by atoms with van der Waals surface area (Å²) in [6, 6.07) is 0. The molecule has 1 heterocycles. The molecule has 0 aromatic carbocycles. The fraction of sp³-hybridized carbons (Fsp3) is 0.923. The highest BCUT2D eigenvalue weighted by Gasteiger charge is 2.20. The second kappa shape index (κ2) is 7.67. The maximum Gasteiger partial charge on any atom is 0.245 e. The molecule has 4 nitrogen and oxygen atoms in total. The van der Waals surface area contributed by atoms with Gasteiger partial charge < -0.3 is 15.0 Å². The lowest BCUT2D eigenvalue weighted by atomic mass is 9.92. The van der Waals surface area contributed by atoms with E-state index in [1.807, 2.05) is 0 Å². The maximum absolute atomic E-state index is 11.1. The summed E-state index contributed by atoms with van der Waals surface area (Å²) >= 11 is 0. The van der Waals surface area contributed by atoms with Gasteiger partial charge >= 0.3 is 0 Å². The number of carbonyl (C=O) groups excluding carboxylic acids is 1. The Morgan fingerprint density at radius 3 is 2.59 bits per heavy atom. The molecule has 0 spiro atoms. The van der Waals surface area contributed by atoms with E-state index in [9.17, 15) is 4.79 Å². The quantitative estimate of drug-likeness (QED) is 0.710. The minimum atomic E-state index is -0.0205. The van der Waals surface area contributed by atoms with Crippen LogP contribution in [0.1, 0.15) is 26.7 Å².